The first kappa shape index (κ1) is 36.2. The molecule has 0 amide bonds. The van der Waals surface area contributed by atoms with E-state index >= 15 is 0 Å². The second kappa shape index (κ2) is 19.9. The van der Waals surface area contributed by atoms with Crippen molar-refractivity contribution in [3.63, 3.8) is 0 Å². The van der Waals surface area contributed by atoms with Crippen molar-refractivity contribution in [2.75, 3.05) is 20.1 Å². The normalized spacial score (nSPS) is 10.2. The molecule has 15 heteroatoms. The maximum absolute atomic E-state index is 13.1. The van der Waals surface area contributed by atoms with Crippen LogP contribution in [0.3, 0.4) is 0 Å². The summed E-state index contributed by atoms with van der Waals surface area (Å²) < 4.78 is 49.8. The van der Waals surface area contributed by atoms with Crippen molar-refractivity contribution < 1.29 is 27.7 Å². The van der Waals surface area contributed by atoms with E-state index < -0.39 is 11.9 Å². The maximum Gasteiger partial charge on any atom is 0.222 e. The molecular weight excluding hydrogens is 658 g/mol. The zero-order valence-electron chi connectivity index (χ0n) is 26.9. The molecule has 0 aliphatic heterocycles. The molecule has 2 aromatic carbocycles. The molecule has 1 N–H and O–H groups in total. The van der Waals surface area contributed by atoms with Crippen LogP contribution in [0.5, 0.6) is 34.8 Å². The highest BCUT2D eigenvalue weighted by Crippen LogP contribution is 2.33. The molecule has 4 aromatic heterocycles. The largest absolute Gasteiger partial charge is 0.493 e. The van der Waals surface area contributed by atoms with Crippen molar-refractivity contribution in [2.24, 2.45) is 0 Å². The Hall–Kier alpha value is -5.63. The first-order valence-corrected chi connectivity index (χ1v) is 15.6. The average molecular weight is 693 g/mol. The first-order chi connectivity index (χ1) is 24.0. The van der Waals surface area contributed by atoms with Crippen molar-refractivity contribution in [3.8, 4) is 34.8 Å². The second-order valence-electron chi connectivity index (χ2n) is 9.98. The van der Waals surface area contributed by atoms with Gasteiger partial charge in [-0.2, -0.15) is 28.9 Å². The van der Waals surface area contributed by atoms with Crippen LogP contribution in [0, 0.1) is 11.9 Å². The van der Waals surface area contributed by atoms with E-state index in [1.165, 1.54) is 31.1 Å². The molecule has 0 atom stereocenters. The Balaban J connectivity index is 0.000000195. The second-order valence-corrected chi connectivity index (χ2v) is 10.4. The highest BCUT2D eigenvalue weighted by Gasteiger charge is 2.10. The van der Waals surface area contributed by atoms with Crippen LogP contribution >= 0.6 is 11.6 Å². The van der Waals surface area contributed by atoms with Gasteiger partial charge in [0.25, 0.3) is 0 Å². The maximum atomic E-state index is 13.1. The van der Waals surface area contributed by atoms with E-state index in [9.17, 15) is 8.78 Å². The van der Waals surface area contributed by atoms with Gasteiger partial charge < -0.3 is 18.9 Å². The van der Waals surface area contributed by atoms with Crippen LogP contribution in [0.2, 0.25) is 0 Å². The molecule has 0 saturated heterocycles. The topological polar surface area (TPSA) is 135 Å². The van der Waals surface area contributed by atoms with Gasteiger partial charge in [-0.05, 0) is 73.2 Å². The van der Waals surface area contributed by atoms with Crippen LogP contribution in [0.25, 0.3) is 0 Å². The Kier molecular flexibility index (Phi) is 14.7. The Labute approximate surface area is 287 Å². The Bertz CT molecular complexity index is 1800. The minimum atomic E-state index is -0.587. The van der Waals surface area contributed by atoms with Crippen LogP contribution in [-0.2, 0) is 19.4 Å². The highest BCUT2D eigenvalue weighted by molar-refractivity contribution is 6.17. The van der Waals surface area contributed by atoms with Crippen molar-refractivity contribution in [2.45, 2.75) is 32.2 Å². The van der Waals surface area contributed by atoms with Gasteiger partial charge in [0, 0.05) is 24.6 Å². The number of hydrogen-bond donors (Lipinski definition) is 1. The number of H-pyrrole nitrogens is 1. The standard InChI is InChI=1S/C17H17FN4O2.C15H15ClFNO2.C2H3N3/c1-23-15-10-13(4-3-9-22-12-19-11-20-22)7-8-14(15)24-17-6-2-5-16(18)21-17;1-19-13-10-11(4-3-9-16)7-8-12(13)20-15-6-2-5-14(17)18-15;1-3-2-5-4-1/h2,5-8,10-12H,3-4,9H2,1H3;2,5-8,10H,3-4,9H2,1H3;1-2H,(H,3,4,5). The minimum absolute atomic E-state index is 0.187. The number of aryl methyl sites for hydroxylation is 3. The smallest absolute Gasteiger partial charge is 0.222 e. The van der Waals surface area contributed by atoms with Crippen molar-refractivity contribution in [1.29, 1.82) is 0 Å². The zero-order valence-corrected chi connectivity index (χ0v) is 27.6. The van der Waals surface area contributed by atoms with Gasteiger partial charge in [-0.1, -0.05) is 24.3 Å². The fraction of sp³-hybridized carbons (Fsp3) is 0.235. The molecule has 0 radical (unpaired) electrons. The van der Waals surface area contributed by atoms with Crippen LogP contribution in [0.15, 0.2) is 98.1 Å². The lowest BCUT2D eigenvalue weighted by Gasteiger charge is -2.11. The van der Waals surface area contributed by atoms with Crippen molar-refractivity contribution in [1.82, 2.24) is 39.9 Å². The quantitative estimate of drug-likeness (QED) is 0.0974. The lowest BCUT2D eigenvalue weighted by molar-refractivity contribution is 0.370. The summed E-state index contributed by atoms with van der Waals surface area (Å²) in [4.78, 5) is 14.8. The minimum Gasteiger partial charge on any atom is -0.493 e. The number of methoxy groups -OCH3 is 2. The molecule has 0 saturated carbocycles. The van der Waals surface area contributed by atoms with Gasteiger partial charge in [-0.25, -0.2) is 9.97 Å². The molecule has 0 bridgehead atoms. The van der Waals surface area contributed by atoms with Crippen LogP contribution < -0.4 is 18.9 Å². The third-order valence-electron chi connectivity index (χ3n) is 6.51. The molecule has 4 heterocycles. The number of benzene rings is 2. The van der Waals surface area contributed by atoms with E-state index in [0.717, 1.165) is 43.4 Å². The number of rotatable bonds is 13. The first-order valence-electron chi connectivity index (χ1n) is 15.1. The number of alkyl halides is 1. The zero-order chi connectivity index (χ0) is 34.7. The summed E-state index contributed by atoms with van der Waals surface area (Å²) in [5, 5.41) is 10.1. The summed E-state index contributed by atoms with van der Waals surface area (Å²) in [6, 6.07) is 20.1. The van der Waals surface area contributed by atoms with Gasteiger partial charge in [0.05, 0.1) is 14.2 Å². The molecule has 12 nitrogen and oxygen atoms in total. The molecular formula is C34H35ClF2N8O4. The van der Waals surface area contributed by atoms with Gasteiger partial charge >= 0.3 is 0 Å². The monoisotopic (exact) mass is 692 g/mol. The predicted octanol–water partition coefficient (Wildman–Crippen LogP) is 7.24. The van der Waals surface area contributed by atoms with E-state index in [-0.39, 0.29) is 11.8 Å². The number of pyridine rings is 2. The molecule has 0 spiro atoms. The average Bonchev–Trinajstić information content (AvgIpc) is 3.87. The van der Waals surface area contributed by atoms with Gasteiger partial charge in [-0.3, -0.25) is 9.78 Å². The number of nitrogens with zero attached hydrogens (tertiary/aromatic N) is 7. The molecule has 0 aliphatic carbocycles. The molecule has 6 rings (SSSR count). The summed E-state index contributed by atoms with van der Waals surface area (Å²) in [6.45, 7) is 0.799. The number of halogens is 3. The van der Waals surface area contributed by atoms with Crippen molar-refractivity contribution in [3.05, 3.63) is 121 Å². The number of ether oxygens (including phenoxy) is 4. The van der Waals surface area contributed by atoms with E-state index in [4.69, 9.17) is 30.5 Å². The summed E-state index contributed by atoms with van der Waals surface area (Å²) >= 11 is 5.68. The molecule has 49 heavy (non-hydrogen) atoms. The highest BCUT2D eigenvalue weighted by atomic mass is 35.5. The molecule has 0 unspecified atom stereocenters. The third kappa shape index (κ3) is 12.5. The summed E-state index contributed by atoms with van der Waals surface area (Å²) in [6.07, 6.45) is 9.75. The third-order valence-corrected chi connectivity index (χ3v) is 6.78. The number of nitrogens with one attached hydrogen (secondary N) is 1. The number of aromatic amines is 1. The predicted molar refractivity (Wildman–Crippen MR) is 178 cm³/mol. The van der Waals surface area contributed by atoms with Crippen LogP contribution in [0.4, 0.5) is 8.78 Å². The van der Waals surface area contributed by atoms with E-state index in [1.54, 1.807) is 61.6 Å². The SMILES string of the molecule is COc1cc(CCCCl)ccc1Oc1cccc(F)n1.COc1cc(CCCn2cncn2)ccc1Oc1cccc(F)n1.c1nc[nH]n1. The summed E-state index contributed by atoms with van der Waals surface area (Å²) in [5.41, 5.74) is 2.23. The number of aromatic nitrogens is 8. The van der Waals surface area contributed by atoms with Gasteiger partial charge in [0.15, 0.2) is 23.0 Å². The molecule has 0 aliphatic rings. The molecule has 6 aromatic rings. The lowest BCUT2D eigenvalue weighted by Crippen LogP contribution is -2.00. The molecule has 0 fully saturated rings. The molecule has 256 valence electrons. The van der Waals surface area contributed by atoms with Gasteiger partial charge in [-0.15, -0.1) is 11.6 Å². The fourth-order valence-corrected chi connectivity index (χ4v) is 4.39. The van der Waals surface area contributed by atoms with Crippen LogP contribution in [-0.4, -0.2) is 60.0 Å². The Morgan fingerprint density at radius 3 is 1.73 bits per heavy atom. The van der Waals surface area contributed by atoms with Gasteiger partial charge in [0.1, 0.15) is 25.3 Å². The lowest BCUT2D eigenvalue weighted by atomic mass is 10.1. The van der Waals surface area contributed by atoms with Crippen molar-refractivity contribution >= 4 is 11.6 Å². The fourth-order valence-electron chi connectivity index (χ4n) is 4.25. The van der Waals surface area contributed by atoms with Gasteiger partial charge in [0.2, 0.25) is 23.7 Å². The van der Waals surface area contributed by atoms with E-state index in [0.29, 0.717) is 28.9 Å². The summed E-state index contributed by atoms with van der Waals surface area (Å²) in [7, 11) is 3.13. The number of hydrogen-bond acceptors (Lipinski definition) is 10. The van der Waals surface area contributed by atoms with Crippen LogP contribution in [0.1, 0.15) is 24.0 Å². The summed E-state index contributed by atoms with van der Waals surface area (Å²) in [5.74, 6) is 1.99. The Morgan fingerprint density at radius 1 is 0.714 bits per heavy atom. The van der Waals surface area contributed by atoms with E-state index in [2.05, 4.69) is 35.2 Å². The Morgan fingerprint density at radius 2 is 1.31 bits per heavy atom. The van der Waals surface area contributed by atoms with E-state index in [1.807, 2.05) is 24.3 Å².